The normalized spacial score (nSPS) is 16.2. The first-order valence-corrected chi connectivity index (χ1v) is 9.20. The van der Waals surface area contributed by atoms with E-state index in [0.29, 0.717) is 11.3 Å². The standard InChI is InChI=1S/C18H20N4OS/c1-22-17-4-2-3-16(15(17)10-20-22)21-18(23)12-24-11-14-7-5-13(9-19)6-8-14/h5-8,10,16H,2-4,11-12H2,1H3,(H,21,23)/t16-/m0/s1. The molecule has 1 amide bonds. The van der Waals surface area contributed by atoms with Gasteiger partial charge in [-0.25, -0.2) is 0 Å². The Bertz CT molecular complexity index is 760. The SMILES string of the molecule is Cn1ncc2c1CCC[C@@H]2NC(=O)CSCc1ccc(C#N)cc1. The number of aryl methyl sites for hydroxylation is 1. The van der Waals surface area contributed by atoms with E-state index in [1.165, 1.54) is 5.69 Å². The van der Waals surface area contributed by atoms with E-state index in [9.17, 15) is 4.79 Å². The van der Waals surface area contributed by atoms with Crippen molar-refractivity contribution in [1.82, 2.24) is 15.1 Å². The van der Waals surface area contributed by atoms with Crippen LogP contribution in [-0.2, 0) is 24.0 Å². The average molecular weight is 340 g/mol. The molecule has 1 atom stereocenters. The molecular formula is C18H20N4OS. The van der Waals surface area contributed by atoms with Crippen molar-refractivity contribution in [3.05, 3.63) is 52.8 Å². The highest BCUT2D eigenvalue weighted by Crippen LogP contribution is 2.29. The van der Waals surface area contributed by atoms with Gasteiger partial charge in [-0.15, -0.1) is 11.8 Å². The van der Waals surface area contributed by atoms with Crippen LogP contribution in [0.5, 0.6) is 0 Å². The topological polar surface area (TPSA) is 70.7 Å². The van der Waals surface area contributed by atoms with Crippen LogP contribution >= 0.6 is 11.8 Å². The lowest BCUT2D eigenvalue weighted by molar-refractivity contribution is -0.119. The van der Waals surface area contributed by atoms with Crippen LogP contribution in [0.25, 0.3) is 0 Å². The molecule has 124 valence electrons. The summed E-state index contributed by atoms with van der Waals surface area (Å²) in [7, 11) is 1.95. The van der Waals surface area contributed by atoms with E-state index < -0.39 is 0 Å². The van der Waals surface area contributed by atoms with Crippen molar-refractivity contribution in [2.45, 2.75) is 31.1 Å². The summed E-state index contributed by atoms with van der Waals surface area (Å²) in [4.78, 5) is 12.2. The van der Waals surface area contributed by atoms with Crippen LogP contribution in [0, 0.1) is 11.3 Å². The number of rotatable bonds is 5. The highest BCUT2D eigenvalue weighted by atomic mass is 32.2. The summed E-state index contributed by atoms with van der Waals surface area (Å²) in [6, 6.07) is 9.68. The maximum absolute atomic E-state index is 12.2. The summed E-state index contributed by atoms with van der Waals surface area (Å²) in [5, 5.41) is 16.2. The number of nitriles is 1. The monoisotopic (exact) mass is 340 g/mol. The second-order valence-corrected chi connectivity index (χ2v) is 6.97. The Morgan fingerprint density at radius 2 is 2.25 bits per heavy atom. The lowest BCUT2D eigenvalue weighted by atomic mass is 9.93. The molecule has 0 bridgehead atoms. The van der Waals surface area contributed by atoms with Crippen LogP contribution in [0.15, 0.2) is 30.5 Å². The highest BCUT2D eigenvalue weighted by Gasteiger charge is 2.24. The number of hydrogen-bond acceptors (Lipinski definition) is 4. The summed E-state index contributed by atoms with van der Waals surface area (Å²) in [6.45, 7) is 0. The zero-order valence-corrected chi connectivity index (χ0v) is 14.5. The number of hydrogen-bond donors (Lipinski definition) is 1. The largest absolute Gasteiger partial charge is 0.348 e. The Morgan fingerprint density at radius 3 is 3.00 bits per heavy atom. The molecule has 2 aromatic rings. The third kappa shape index (κ3) is 3.80. The molecule has 0 saturated heterocycles. The second kappa shape index (κ2) is 7.54. The van der Waals surface area contributed by atoms with E-state index in [1.807, 2.05) is 42.2 Å². The molecular weight excluding hydrogens is 320 g/mol. The minimum absolute atomic E-state index is 0.0651. The van der Waals surface area contributed by atoms with Crippen molar-refractivity contribution in [3.63, 3.8) is 0 Å². The zero-order valence-electron chi connectivity index (χ0n) is 13.7. The fraction of sp³-hybridized carbons (Fsp3) is 0.389. The molecule has 1 aliphatic rings. The van der Waals surface area contributed by atoms with E-state index in [-0.39, 0.29) is 11.9 Å². The highest BCUT2D eigenvalue weighted by molar-refractivity contribution is 7.99. The minimum Gasteiger partial charge on any atom is -0.348 e. The summed E-state index contributed by atoms with van der Waals surface area (Å²) >= 11 is 1.59. The summed E-state index contributed by atoms with van der Waals surface area (Å²) < 4.78 is 1.91. The number of benzene rings is 1. The predicted octanol–water partition coefficient (Wildman–Crippen LogP) is 2.72. The lowest BCUT2D eigenvalue weighted by Crippen LogP contribution is -2.32. The summed E-state index contributed by atoms with van der Waals surface area (Å²) in [6.07, 6.45) is 4.97. The molecule has 0 spiro atoms. The van der Waals surface area contributed by atoms with Gasteiger partial charge in [-0.3, -0.25) is 9.48 Å². The predicted molar refractivity (Wildman–Crippen MR) is 94.3 cm³/mol. The third-order valence-electron chi connectivity index (χ3n) is 4.30. The van der Waals surface area contributed by atoms with Gasteiger partial charge in [0, 0.05) is 24.1 Å². The molecule has 0 unspecified atom stereocenters. The molecule has 1 N–H and O–H groups in total. The summed E-state index contributed by atoms with van der Waals surface area (Å²) in [5.74, 6) is 1.27. The van der Waals surface area contributed by atoms with Gasteiger partial charge in [-0.1, -0.05) is 12.1 Å². The molecule has 1 aromatic heterocycles. The van der Waals surface area contributed by atoms with Gasteiger partial charge in [-0.2, -0.15) is 10.4 Å². The second-order valence-electron chi connectivity index (χ2n) is 5.98. The van der Waals surface area contributed by atoms with Crippen molar-refractivity contribution in [2.75, 3.05) is 5.75 Å². The number of nitrogens with one attached hydrogen (secondary N) is 1. The van der Waals surface area contributed by atoms with Crippen LogP contribution in [0.1, 0.15) is 41.3 Å². The van der Waals surface area contributed by atoms with Gasteiger partial charge in [0.05, 0.1) is 29.6 Å². The van der Waals surface area contributed by atoms with Crippen molar-refractivity contribution < 1.29 is 4.79 Å². The third-order valence-corrected chi connectivity index (χ3v) is 5.30. The number of amides is 1. The van der Waals surface area contributed by atoms with Crippen LogP contribution in [0.3, 0.4) is 0 Å². The van der Waals surface area contributed by atoms with Gasteiger partial charge in [0.2, 0.25) is 5.91 Å². The molecule has 0 radical (unpaired) electrons. The Morgan fingerprint density at radius 1 is 1.46 bits per heavy atom. The Hall–Kier alpha value is -2.26. The van der Waals surface area contributed by atoms with Crippen molar-refractivity contribution >= 4 is 17.7 Å². The number of carbonyl (C=O) groups is 1. The molecule has 0 aliphatic heterocycles. The van der Waals surface area contributed by atoms with E-state index in [4.69, 9.17) is 5.26 Å². The van der Waals surface area contributed by atoms with Crippen LogP contribution < -0.4 is 5.32 Å². The zero-order chi connectivity index (χ0) is 16.9. The van der Waals surface area contributed by atoms with Gasteiger partial charge in [0.1, 0.15) is 0 Å². The molecule has 6 heteroatoms. The molecule has 0 fully saturated rings. The van der Waals surface area contributed by atoms with Gasteiger partial charge in [-0.05, 0) is 37.0 Å². The number of fused-ring (bicyclic) bond motifs is 1. The smallest absolute Gasteiger partial charge is 0.230 e. The van der Waals surface area contributed by atoms with Crippen molar-refractivity contribution in [1.29, 1.82) is 5.26 Å². The molecule has 5 nitrogen and oxygen atoms in total. The average Bonchev–Trinajstić information content (AvgIpc) is 2.98. The number of aromatic nitrogens is 2. The molecule has 0 saturated carbocycles. The van der Waals surface area contributed by atoms with Gasteiger partial charge >= 0.3 is 0 Å². The van der Waals surface area contributed by atoms with Gasteiger partial charge < -0.3 is 5.32 Å². The maximum Gasteiger partial charge on any atom is 0.230 e. The molecule has 1 heterocycles. The van der Waals surface area contributed by atoms with Gasteiger partial charge in [0.15, 0.2) is 0 Å². The maximum atomic E-state index is 12.2. The summed E-state index contributed by atoms with van der Waals surface area (Å²) in [5.41, 5.74) is 4.18. The number of nitrogens with zero attached hydrogens (tertiary/aromatic N) is 3. The van der Waals surface area contributed by atoms with Crippen LogP contribution in [-0.4, -0.2) is 21.4 Å². The van der Waals surface area contributed by atoms with Crippen LogP contribution in [0.2, 0.25) is 0 Å². The molecule has 1 aromatic carbocycles. The number of carbonyl (C=O) groups excluding carboxylic acids is 1. The first-order valence-electron chi connectivity index (χ1n) is 8.04. The fourth-order valence-electron chi connectivity index (χ4n) is 3.03. The molecule has 1 aliphatic carbocycles. The first kappa shape index (κ1) is 16.6. The van der Waals surface area contributed by atoms with Crippen molar-refractivity contribution in [2.24, 2.45) is 7.05 Å². The van der Waals surface area contributed by atoms with E-state index >= 15 is 0 Å². The fourth-order valence-corrected chi connectivity index (χ4v) is 3.83. The molecule has 24 heavy (non-hydrogen) atoms. The van der Waals surface area contributed by atoms with Gasteiger partial charge in [0.25, 0.3) is 0 Å². The van der Waals surface area contributed by atoms with E-state index in [2.05, 4.69) is 16.5 Å². The van der Waals surface area contributed by atoms with E-state index in [1.54, 1.807) is 11.8 Å². The van der Waals surface area contributed by atoms with Crippen LogP contribution in [0.4, 0.5) is 0 Å². The Balaban J connectivity index is 1.49. The Labute approximate surface area is 146 Å². The molecule has 3 rings (SSSR count). The Kier molecular flexibility index (Phi) is 5.21. The minimum atomic E-state index is 0.0651. The quantitative estimate of drug-likeness (QED) is 0.908. The first-order chi connectivity index (χ1) is 11.7. The number of thioether (sulfide) groups is 1. The van der Waals surface area contributed by atoms with E-state index in [0.717, 1.165) is 36.1 Å². The lowest BCUT2D eigenvalue weighted by Gasteiger charge is -2.23. The van der Waals surface area contributed by atoms with Crippen molar-refractivity contribution in [3.8, 4) is 6.07 Å².